The first-order valence-electron chi connectivity index (χ1n) is 1.94. The van der Waals surface area contributed by atoms with Crippen LogP contribution in [0, 0.1) is 0 Å². The lowest BCUT2D eigenvalue weighted by Gasteiger charge is -2.01. The molecule has 0 amide bonds. The quantitative estimate of drug-likeness (QED) is 0.375. The lowest BCUT2D eigenvalue weighted by molar-refractivity contribution is -0.133. The topological polar surface area (TPSA) is 52.3 Å². The van der Waals surface area contributed by atoms with Crippen LogP contribution in [-0.4, -0.2) is 17.8 Å². The van der Waals surface area contributed by atoms with E-state index in [0.717, 1.165) is 0 Å². The Balaban J connectivity index is 3.46. The molecule has 0 bridgehead atoms. The number of carbonyl (C=O) groups excluding carboxylic acids is 1. The summed E-state index contributed by atoms with van der Waals surface area (Å²) in [5, 5.41) is 0. The molecule has 0 radical (unpaired) electrons. The third-order valence-corrected chi connectivity index (χ3v) is 1.16. The Morgan fingerprint density at radius 2 is 2.38 bits per heavy atom. The van der Waals surface area contributed by atoms with Crippen molar-refractivity contribution in [3.63, 3.8) is 0 Å². The molecule has 0 heterocycles. The van der Waals surface area contributed by atoms with E-state index < -0.39 is 12.0 Å². The van der Waals surface area contributed by atoms with Gasteiger partial charge in [-0.15, -0.1) is 0 Å². The summed E-state index contributed by atoms with van der Waals surface area (Å²) < 4.78 is 3.98. The van der Waals surface area contributed by atoms with Crippen molar-refractivity contribution >= 4 is 31.5 Å². The summed E-state index contributed by atoms with van der Waals surface area (Å²) in [6.07, 6.45) is 0. The first-order chi connectivity index (χ1) is 3.72. The van der Waals surface area contributed by atoms with Gasteiger partial charge in [-0.05, 0) is 0 Å². The first-order valence-corrected chi connectivity index (χ1v) is 2.93. The van der Waals surface area contributed by atoms with Crippen molar-refractivity contribution in [3.05, 3.63) is 0 Å². The molecule has 48 valence electrons. The van der Waals surface area contributed by atoms with Crippen LogP contribution in [0.2, 0.25) is 0 Å². The van der Waals surface area contributed by atoms with Crippen molar-refractivity contribution in [1.29, 1.82) is 0 Å². The largest absolute Gasteiger partial charge is 0.393 e. The third-order valence-electron chi connectivity index (χ3n) is 0.589. The predicted octanol–water partition coefficient (Wildman–Crippen LogP) is -0.369. The highest BCUT2D eigenvalue weighted by molar-refractivity contribution is 7.80. The number of hydrogen-bond acceptors (Lipinski definition) is 5. The van der Waals surface area contributed by atoms with Gasteiger partial charge in [-0.2, -0.15) is 12.6 Å². The van der Waals surface area contributed by atoms with Crippen LogP contribution in [0.3, 0.4) is 0 Å². The molecule has 0 aliphatic rings. The fourth-order valence-electron chi connectivity index (χ4n) is 0.142. The Morgan fingerprint density at radius 1 is 1.88 bits per heavy atom. The van der Waals surface area contributed by atoms with E-state index in [-0.39, 0.29) is 5.75 Å². The van der Waals surface area contributed by atoms with Gasteiger partial charge in [0, 0.05) is 18.7 Å². The third kappa shape index (κ3) is 2.44. The molecule has 0 unspecified atom stereocenters. The molecule has 3 nitrogen and oxygen atoms in total. The minimum Gasteiger partial charge on any atom is -0.393 e. The van der Waals surface area contributed by atoms with E-state index in [1.165, 1.54) is 0 Å². The van der Waals surface area contributed by atoms with E-state index in [1.54, 1.807) is 0 Å². The van der Waals surface area contributed by atoms with Crippen molar-refractivity contribution in [2.75, 3.05) is 5.75 Å². The lowest BCUT2D eigenvalue weighted by atomic mass is 10.4. The fraction of sp³-hybridized carbons (Fsp3) is 0.667. The van der Waals surface area contributed by atoms with Crippen LogP contribution in [0.5, 0.6) is 0 Å². The maximum atomic E-state index is 10.3. The fourth-order valence-corrected chi connectivity index (χ4v) is 0.427. The summed E-state index contributed by atoms with van der Waals surface area (Å²) in [4.78, 5) is 10.3. The molecule has 2 N–H and O–H groups in total. The van der Waals surface area contributed by atoms with E-state index >= 15 is 0 Å². The molecule has 0 aromatic carbocycles. The van der Waals surface area contributed by atoms with Crippen molar-refractivity contribution in [3.8, 4) is 0 Å². The maximum absolute atomic E-state index is 10.3. The maximum Gasteiger partial charge on any atom is 0.335 e. The standard InChI is InChI=1S/C3H7NO2S2/c4-2(1-7)3(5)6-8/h2,7-8H,1,4H2/t2-/m0/s1. The number of carbonyl (C=O) groups is 1. The highest BCUT2D eigenvalue weighted by Gasteiger charge is 2.10. The number of rotatable bonds is 2. The van der Waals surface area contributed by atoms with Gasteiger partial charge >= 0.3 is 5.97 Å². The summed E-state index contributed by atoms with van der Waals surface area (Å²) in [5.41, 5.74) is 5.13. The van der Waals surface area contributed by atoms with Crippen molar-refractivity contribution in [2.24, 2.45) is 5.73 Å². The first kappa shape index (κ1) is 8.13. The molecular formula is C3H7NO2S2. The van der Waals surface area contributed by atoms with Crippen LogP contribution in [0.4, 0.5) is 0 Å². The van der Waals surface area contributed by atoms with E-state index in [4.69, 9.17) is 5.73 Å². The van der Waals surface area contributed by atoms with Gasteiger partial charge in [-0.1, -0.05) is 0 Å². The highest BCUT2D eigenvalue weighted by Crippen LogP contribution is 1.89. The molecule has 0 rings (SSSR count). The van der Waals surface area contributed by atoms with Crippen LogP contribution in [0.1, 0.15) is 0 Å². The van der Waals surface area contributed by atoms with E-state index in [2.05, 4.69) is 29.7 Å². The second kappa shape index (κ2) is 4.05. The Hall–Kier alpha value is 0.130. The second-order valence-corrected chi connectivity index (χ2v) is 1.75. The molecule has 0 saturated heterocycles. The molecular weight excluding hydrogens is 146 g/mol. The SMILES string of the molecule is N[C@@H](CS)C(=O)OS. The van der Waals surface area contributed by atoms with Crippen LogP contribution < -0.4 is 5.73 Å². The average molecular weight is 153 g/mol. The normalized spacial score (nSPS) is 12.9. The number of nitrogens with two attached hydrogens (primary N) is 1. The molecule has 0 aliphatic heterocycles. The van der Waals surface area contributed by atoms with Crippen LogP contribution in [0.25, 0.3) is 0 Å². The number of hydrogen-bond donors (Lipinski definition) is 3. The van der Waals surface area contributed by atoms with Gasteiger partial charge in [0.1, 0.15) is 6.04 Å². The Kier molecular flexibility index (Phi) is 4.12. The van der Waals surface area contributed by atoms with Gasteiger partial charge in [-0.25, -0.2) is 4.79 Å². The Bertz CT molecular complexity index is 87.4. The zero-order valence-electron chi connectivity index (χ0n) is 4.07. The summed E-state index contributed by atoms with van der Waals surface area (Å²) in [5.74, 6) is -0.275. The van der Waals surface area contributed by atoms with E-state index in [1.807, 2.05) is 0 Å². The molecule has 0 aromatic rings. The van der Waals surface area contributed by atoms with Gasteiger partial charge in [0.15, 0.2) is 0 Å². The molecule has 0 fully saturated rings. The molecule has 5 heteroatoms. The smallest absolute Gasteiger partial charge is 0.335 e. The van der Waals surface area contributed by atoms with Gasteiger partial charge in [0.25, 0.3) is 0 Å². The Morgan fingerprint density at radius 3 is 2.50 bits per heavy atom. The second-order valence-electron chi connectivity index (χ2n) is 1.20. The molecule has 8 heavy (non-hydrogen) atoms. The molecule has 0 spiro atoms. The van der Waals surface area contributed by atoms with Crippen LogP contribution in [-0.2, 0) is 8.98 Å². The van der Waals surface area contributed by atoms with Gasteiger partial charge in [0.05, 0.1) is 0 Å². The highest BCUT2D eigenvalue weighted by atomic mass is 32.1. The summed E-state index contributed by atoms with van der Waals surface area (Å²) in [6, 6.07) is -0.657. The van der Waals surface area contributed by atoms with Crippen molar-refractivity contribution in [2.45, 2.75) is 6.04 Å². The molecule has 0 saturated carbocycles. The molecule has 0 aliphatic carbocycles. The number of thiol groups is 2. The summed E-state index contributed by atoms with van der Waals surface area (Å²) in [6.45, 7) is 0. The van der Waals surface area contributed by atoms with E-state index in [9.17, 15) is 4.79 Å². The van der Waals surface area contributed by atoms with Crippen molar-refractivity contribution in [1.82, 2.24) is 0 Å². The summed E-state index contributed by atoms with van der Waals surface area (Å²) in [7, 11) is 0. The van der Waals surface area contributed by atoms with Crippen LogP contribution in [0.15, 0.2) is 0 Å². The van der Waals surface area contributed by atoms with E-state index in [0.29, 0.717) is 0 Å². The van der Waals surface area contributed by atoms with Gasteiger partial charge in [-0.3, -0.25) is 0 Å². The Labute approximate surface area is 58.6 Å². The van der Waals surface area contributed by atoms with Gasteiger partial charge in [0.2, 0.25) is 0 Å². The van der Waals surface area contributed by atoms with Gasteiger partial charge < -0.3 is 9.92 Å². The zero-order valence-corrected chi connectivity index (χ0v) is 5.86. The molecule has 1 atom stereocenters. The minimum atomic E-state index is -0.657. The predicted molar refractivity (Wildman–Crippen MR) is 36.9 cm³/mol. The van der Waals surface area contributed by atoms with Crippen LogP contribution >= 0.6 is 25.5 Å². The average Bonchev–Trinajstić information content (AvgIpc) is 1.84. The monoisotopic (exact) mass is 153 g/mol. The zero-order chi connectivity index (χ0) is 6.57. The van der Waals surface area contributed by atoms with Crippen molar-refractivity contribution < 1.29 is 8.98 Å². The lowest BCUT2D eigenvalue weighted by Crippen LogP contribution is -2.32. The summed E-state index contributed by atoms with van der Waals surface area (Å²) >= 11 is 6.99. The molecule has 0 aromatic heterocycles. The minimum absolute atomic E-state index is 0.277.